The maximum Gasteiger partial charge on any atom is 0.252 e. The van der Waals surface area contributed by atoms with Gasteiger partial charge in [-0.25, -0.2) is 8.42 Å². The fourth-order valence-corrected chi connectivity index (χ4v) is 6.62. The van der Waals surface area contributed by atoms with Gasteiger partial charge in [0.1, 0.15) is 4.21 Å². The molecule has 0 aromatic carbocycles. The first-order valence-corrected chi connectivity index (χ1v) is 9.65. The molecule has 7 heteroatoms. The molecule has 2 aliphatic heterocycles. The lowest BCUT2D eigenvalue weighted by atomic mass is 10.1. The van der Waals surface area contributed by atoms with Gasteiger partial charge in [-0.3, -0.25) is 4.90 Å². The first-order valence-electron chi connectivity index (χ1n) is 7.39. The molecule has 2 fully saturated rings. The fourth-order valence-electron chi connectivity index (χ4n) is 3.38. The molecule has 0 aliphatic carbocycles. The summed E-state index contributed by atoms with van der Waals surface area (Å²) in [6.45, 7) is 6.24. The highest BCUT2D eigenvalue weighted by Crippen LogP contribution is 2.33. The van der Waals surface area contributed by atoms with Gasteiger partial charge >= 0.3 is 0 Å². The van der Waals surface area contributed by atoms with Crippen LogP contribution in [0.1, 0.15) is 30.2 Å². The monoisotopic (exact) mass is 330 g/mol. The van der Waals surface area contributed by atoms with Crippen molar-refractivity contribution in [1.29, 1.82) is 0 Å². The molecule has 0 radical (unpaired) electrons. The van der Waals surface area contributed by atoms with E-state index in [4.69, 9.17) is 0 Å². The van der Waals surface area contributed by atoms with Gasteiger partial charge in [0.05, 0.1) is 6.61 Å². The Morgan fingerprint density at radius 3 is 2.86 bits per heavy atom. The van der Waals surface area contributed by atoms with Crippen LogP contribution in [0.3, 0.4) is 0 Å². The molecule has 1 aromatic heterocycles. The second-order valence-corrected chi connectivity index (χ2v) is 9.30. The lowest BCUT2D eigenvalue weighted by Crippen LogP contribution is -2.56. The van der Waals surface area contributed by atoms with Gasteiger partial charge < -0.3 is 5.11 Å². The van der Waals surface area contributed by atoms with Crippen LogP contribution in [0.5, 0.6) is 0 Å². The maximum atomic E-state index is 12.9. The molecule has 0 spiro atoms. The fraction of sp³-hybridized carbons (Fsp3) is 0.714. The molecule has 2 unspecified atom stereocenters. The number of rotatable bonds is 3. The summed E-state index contributed by atoms with van der Waals surface area (Å²) in [5.41, 5.74) is 0.855. The summed E-state index contributed by atoms with van der Waals surface area (Å²) in [7, 11) is -3.45. The molecular formula is C14H22N2O3S2. The standard InChI is InChI=1S/C14H22N2O3S2/c1-10-6-14(20-13(10)9-17)21(18,19)16-8-12-4-3-5-15(12)7-11(16)2/h6,11-12,17H,3-5,7-9H2,1-2H3. The van der Waals surface area contributed by atoms with Gasteiger partial charge in [0.2, 0.25) is 0 Å². The summed E-state index contributed by atoms with van der Waals surface area (Å²) in [6.07, 6.45) is 2.25. The van der Waals surface area contributed by atoms with E-state index in [0.29, 0.717) is 16.8 Å². The Balaban J connectivity index is 1.89. The van der Waals surface area contributed by atoms with Crippen LogP contribution in [0.25, 0.3) is 0 Å². The number of hydrogen-bond acceptors (Lipinski definition) is 5. The SMILES string of the molecule is Cc1cc(S(=O)(=O)N2CC3CCCN3CC2C)sc1CO. The third-order valence-corrected chi connectivity index (χ3v) is 8.24. The second kappa shape index (κ2) is 5.62. The van der Waals surface area contributed by atoms with E-state index in [-0.39, 0.29) is 12.6 Å². The molecule has 0 amide bonds. The van der Waals surface area contributed by atoms with Crippen molar-refractivity contribution in [2.75, 3.05) is 19.6 Å². The van der Waals surface area contributed by atoms with Gasteiger partial charge in [0.15, 0.2) is 0 Å². The van der Waals surface area contributed by atoms with E-state index in [0.717, 1.165) is 36.4 Å². The Bertz CT molecular complexity index is 626. The van der Waals surface area contributed by atoms with Crippen molar-refractivity contribution in [1.82, 2.24) is 9.21 Å². The number of nitrogens with zero attached hydrogens (tertiary/aromatic N) is 2. The third-order valence-electron chi connectivity index (χ3n) is 4.58. The van der Waals surface area contributed by atoms with Crippen molar-refractivity contribution < 1.29 is 13.5 Å². The number of fused-ring (bicyclic) bond motifs is 1. The van der Waals surface area contributed by atoms with Crippen LogP contribution in [-0.2, 0) is 16.6 Å². The molecule has 2 saturated heterocycles. The van der Waals surface area contributed by atoms with E-state index in [2.05, 4.69) is 4.90 Å². The van der Waals surface area contributed by atoms with Gasteiger partial charge in [-0.1, -0.05) is 0 Å². The molecule has 0 bridgehead atoms. The maximum absolute atomic E-state index is 12.9. The summed E-state index contributed by atoms with van der Waals surface area (Å²) in [6, 6.07) is 2.07. The van der Waals surface area contributed by atoms with Crippen molar-refractivity contribution in [2.24, 2.45) is 0 Å². The topological polar surface area (TPSA) is 60.9 Å². The number of sulfonamides is 1. The lowest BCUT2D eigenvalue weighted by molar-refractivity contribution is 0.117. The van der Waals surface area contributed by atoms with E-state index in [9.17, 15) is 13.5 Å². The summed E-state index contributed by atoms with van der Waals surface area (Å²) >= 11 is 1.19. The van der Waals surface area contributed by atoms with E-state index in [1.807, 2.05) is 13.8 Å². The van der Waals surface area contributed by atoms with Crippen molar-refractivity contribution in [3.63, 3.8) is 0 Å². The Morgan fingerprint density at radius 1 is 1.43 bits per heavy atom. The molecule has 3 heterocycles. The van der Waals surface area contributed by atoms with Gasteiger partial charge in [0.25, 0.3) is 10.0 Å². The number of aliphatic hydroxyl groups is 1. The zero-order valence-electron chi connectivity index (χ0n) is 12.4. The van der Waals surface area contributed by atoms with Crippen LogP contribution in [0, 0.1) is 6.92 Å². The average molecular weight is 330 g/mol. The predicted octanol–water partition coefficient (Wildman–Crippen LogP) is 1.41. The molecule has 5 nitrogen and oxygen atoms in total. The Labute approximate surface area is 130 Å². The molecule has 2 aliphatic rings. The Morgan fingerprint density at radius 2 is 2.19 bits per heavy atom. The highest BCUT2D eigenvalue weighted by Gasteiger charge is 2.40. The number of hydrogen-bond donors (Lipinski definition) is 1. The molecule has 0 saturated carbocycles. The Hall–Kier alpha value is -0.470. The van der Waals surface area contributed by atoms with E-state index in [1.165, 1.54) is 11.3 Å². The van der Waals surface area contributed by atoms with Crippen molar-refractivity contribution in [2.45, 2.75) is 49.6 Å². The first kappa shape index (κ1) is 15.4. The van der Waals surface area contributed by atoms with E-state index >= 15 is 0 Å². The molecule has 1 aromatic rings. The van der Waals surface area contributed by atoms with Crippen molar-refractivity contribution in [3.8, 4) is 0 Å². The molecule has 1 N–H and O–H groups in total. The number of thiophene rings is 1. The summed E-state index contributed by atoms with van der Waals surface area (Å²) in [5.74, 6) is 0. The molecule has 2 atom stereocenters. The molecule has 3 rings (SSSR count). The number of aliphatic hydroxyl groups excluding tert-OH is 1. The highest BCUT2D eigenvalue weighted by molar-refractivity contribution is 7.91. The number of piperazine rings is 1. The summed E-state index contributed by atoms with van der Waals surface area (Å²) in [5, 5.41) is 9.28. The summed E-state index contributed by atoms with van der Waals surface area (Å²) in [4.78, 5) is 3.15. The van der Waals surface area contributed by atoms with Crippen molar-refractivity contribution in [3.05, 3.63) is 16.5 Å². The third kappa shape index (κ3) is 2.66. The summed E-state index contributed by atoms with van der Waals surface area (Å²) < 4.78 is 27.8. The normalized spacial score (nSPS) is 28.0. The smallest absolute Gasteiger partial charge is 0.252 e. The minimum absolute atomic E-state index is 0.00401. The first-order chi connectivity index (χ1) is 9.93. The van der Waals surface area contributed by atoms with E-state index in [1.54, 1.807) is 10.4 Å². The van der Waals surface area contributed by atoms with E-state index < -0.39 is 10.0 Å². The van der Waals surface area contributed by atoms with Crippen LogP contribution in [0.2, 0.25) is 0 Å². The van der Waals surface area contributed by atoms with Gasteiger partial charge in [-0.15, -0.1) is 11.3 Å². The zero-order chi connectivity index (χ0) is 15.2. The van der Waals surface area contributed by atoms with Gasteiger partial charge in [-0.05, 0) is 44.9 Å². The number of aryl methyl sites for hydroxylation is 1. The average Bonchev–Trinajstić information content (AvgIpc) is 3.03. The minimum atomic E-state index is -3.45. The van der Waals surface area contributed by atoms with Gasteiger partial charge in [-0.2, -0.15) is 4.31 Å². The lowest BCUT2D eigenvalue weighted by Gasteiger charge is -2.41. The highest BCUT2D eigenvalue weighted by atomic mass is 32.2. The van der Waals surface area contributed by atoms with Crippen LogP contribution in [0.15, 0.2) is 10.3 Å². The van der Waals surface area contributed by atoms with Crippen LogP contribution >= 0.6 is 11.3 Å². The molecular weight excluding hydrogens is 308 g/mol. The van der Waals surface area contributed by atoms with Crippen LogP contribution in [0.4, 0.5) is 0 Å². The molecule has 21 heavy (non-hydrogen) atoms. The van der Waals surface area contributed by atoms with Crippen LogP contribution in [-0.4, -0.2) is 54.4 Å². The zero-order valence-corrected chi connectivity index (χ0v) is 14.1. The van der Waals surface area contributed by atoms with Gasteiger partial charge in [0, 0.05) is 30.1 Å². The molecule has 118 valence electrons. The largest absolute Gasteiger partial charge is 0.391 e. The second-order valence-electron chi connectivity index (χ2n) is 6.04. The van der Waals surface area contributed by atoms with Crippen molar-refractivity contribution >= 4 is 21.4 Å². The predicted molar refractivity (Wildman–Crippen MR) is 82.9 cm³/mol. The quantitative estimate of drug-likeness (QED) is 0.910. The Kier molecular flexibility index (Phi) is 4.13. The minimum Gasteiger partial charge on any atom is -0.391 e. The van der Waals surface area contributed by atoms with Crippen LogP contribution < -0.4 is 0 Å².